The molecule has 58 heavy (non-hydrogen) atoms. The molecule has 0 spiro atoms. The van der Waals surface area contributed by atoms with Gasteiger partial charge in [-0.1, -0.05) is 66.4 Å². The summed E-state index contributed by atoms with van der Waals surface area (Å²) >= 11 is 1.44. The molecule has 0 atom stereocenters. The lowest BCUT2D eigenvalue weighted by Crippen LogP contribution is -2.00. The topological polar surface area (TPSA) is 240 Å². The molecule has 8 rings (SSSR count). The van der Waals surface area contributed by atoms with Gasteiger partial charge < -0.3 is 27.7 Å². The van der Waals surface area contributed by atoms with Crippen LogP contribution in [-0.2, 0) is 0 Å². The summed E-state index contributed by atoms with van der Waals surface area (Å²) in [6, 6.07) is 27.9. The predicted molar refractivity (Wildman–Crippen MR) is 216 cm³/mol. The smallest absolute Gasteiger partial charge is 0.323 e. The summed E-state index contributed by atoms with van der Waals surface area (Å²) in [5, 5.41) is 9.96. The van der Waals surface area contributed by atoms with Gasteiger partial charge in [-0.05, 0) is 53.1 Å². The highest BCUT2D eigenvalue weighted by molar-refractivity contribution is 7.99. The van der Waals surface area contributed by atoms with Gasteiger partial charge in [0.1, 0.15) is 51.6 Å². The first kappa shape index (κ1) is 38.2. The zero-order chi connectivity index (χ0) is 40.6. The van der Waals surface area contributed by atoms with Gasteiger partial charge in [0, 0.05) is 45.7 Å². The zero-order valence-electron chi connectivity index (χ0n) is 30.0. The highest BCUT2D eigenvalue weighted by Crippen LogP contribution is 2.37. The maximum atomic E-state index is 15.0. The van der Waals surface area contributed by atoms with Crippen molar-refractivity contribution in [1.29, 1.82) is 5.26 Å². The van der Waals surface area contributed by atoms with Gasteiger partial charge >= 0.3 is 6.01 Å². The van der Waals surface area contributed by atoms with Gasteiger partial charge in [-0.3, -0.25) is 0 Å². The van der Waals surface area contributed by atoms with Crippen molar-refractivity contribution in [2.24, 2.45) is 0 Å². The molecule has 0 aliphatic carbocycles. The number of nitrogen functional groups attached to an aromatic ring is 4. The quantitative estimate of drug-likeness (QED) is 0.116. The molecule has 8 aromatic rings. The molecule has 284 valence electrons. The lowest BCUT2D eigenvalue weighted by Gasteiger charge is -2.12. The number of halogens is 2. The minimum absolute atomic E-state index is 0.0517. The van der Waals surface area contributed by atoms with E-state index in [1.165, 1.54) is 60.9 Å². The average molecular weight is 790 g/mol. The van der Waals surface area contributed by atoms with Crippen LogP contribution in [0.25, 0.3) is 44.6 Å². The highest BCUT2D eigenvalue weighted by atomic mass is 32.2. The highest BCUT2D eigenvalue weighted by Gasteiger charge is 2.17. The number of aromatic nitrogens is 8. The summed E-state index contributed by atoms with van der Waals surface area (Å²) in [6.45, 7) is 0. The lowest BCUT2D eigenvalue weighted by molar-refractivity contribution is 0.444. The molecule has 17 heteroatoms. The fourth-order valence-electron chi connectivity index (χ4n) is 5.53. The summed E-state index contributed by atoms with van der Waals surface area (Å²) in [4.78, 5) is 33.1. The second-order valence-electron chi connectivity index (χ2n) is 12.1. The molecule has 4 aromatic heterocycles. The maximum absolute atomic E-state index is 15.0. The number of nitrogens with two attached hydrogens (primary N) is 4. The number of nitriles is 1. The first-order valence-corrected chi connectivity index (χ1v) is 17.9. The van der Waals surface area contributed by atoms with E-state index in [0.29, 0.717) is 38.8 Å². The van der Waals surface area contributed by atoms with Crippen molar-refractivity contribution in [3.63, 3.8) is 0 Å². The van der Waals surface area contributed by atoms with Crippen LogP contribution in [-0.4, -0.2) is 39.9 Å². The van der Waals surface area contributed by atoms with Crippen molar-refractivity contribution in [1.82, 2.24) is 39.9 Å². The second-order valence-corrected chi connectivity index (χ2v) is 13.1. The van der Waals surface area contributed by atoms with Crippen molar-refractivity contribution in [2.45, 2.75) is 9.92 Å². The van der Waals surface area contributed by atoms with E-state index in [1.807, 2.05) is 36.4 Å². The summed E-state index contributed by atoms with van der Waals surface area (Å²) in [5.74, 6) is 0.365. The summed E-state index contributed by atoms with van der Waals surface area (Å²) in [6.07, 6.45) is 8.89. The zero-order valence-corrected chi connectivity index (χ0v) is 30.8. The molecule has 4 aromatic carbocycles. The second kappa shape index (κ2) is 17.1. The SMILES string of the molecule is N#Cc1nc(N)cnc1-c1ccc(-c2ccccc2Oc2nccc(N)n2)cc1F.Nc1cnc(Sc2ccccc2-c2ccc(-c3cnc(N)nc3)c(F)c2)cn1. The summed E-state index contributed by atoms with van der Waals surface area (Å²) in [5.41, 5.74) is 26.3. The van der Waals surface area contributed by atoms with E-state index in [4.69, 9.17) is 27.7 Å². The molecule has 14 nitrogen and oxygen atoms in total. The van der Waals surface area contributed by atoms with Gasteiger partial charge in [-0.25, -0.2) is 43.7 Å². The fraction of sp³-hybridized carbons (Fsp3) is 0. The van der Waals surface area contributed by atoms with Crippen molar-refractivity contribution < 1.29 is 13.5 Å². The largest absolute Gasteiger partial charge is 0.424 e. The number of anilines is 4. The Bertz CT molecular complexity index is 2790. The summed E-state index contributed by atoms with van der Waals surface area (Å²) < 4.78 is 35.5. The molecule has 0 fully saturated rings. The third kappa shape index (κ3) is 8.88. The molecule has 8 N–H and O–H groups in total. The van der Waals surface area contributed by atoms with Crippen LogP contribution < -0.4 is 27.7 Å². The average Bonchev–Trinajstić information content (AvgIpc) is 3.23. The molecule has 4 heterocycles. The van der Waals surface area contributed by atoms with Gasteiger partial charge in [0.25, 0.3) is 0 Å². The van der Waals surface area contributed by atoms with Crippen LogP contribution >= 0.6 is 11.8 Å². The molecule has 0 aliphatic rings. The van der Waals surface area contributed by atoms with E-state index in [0.717, 1.165) is 16.0 Å². The monoisotopic (exact) mass is 789 g/mol. The van der Waals surface area contributed by atoms with E-state index in [1.54, 1.807) is 48.7 Å². The van der Waals surface area contributed by atoms with Gasteiger partial charge in [-0.2, -0.15) is 10.2 Å². The molecule has 0 aliphatic heterocycles. The molecule has 0 amide bonds. The number of hydrogen-bond donors (Lipinski definition) is 4. The van der Waals surface area contributed by atoms with E-state index in [9.17, 15) is 14.0 Å². The third-order valence-electron chi connectivity index (χ3n) is 8.19. The Labute approximate surface area is 333 Å². The molecular weight excluding hydrogens is 761 g/mol. The Morgan fingerprint density at radius 2 is 1.24 bits per heavy atom. The first-order valence-electron chi connectivity index (χ1n) is 17.1. The standard InChI is InChI=1S/C21H14FN7O.C20H15FN6S/c22-15-9-12(5-6-14(15)20-16(10-23)28-19(25)11-27-20)13-3-1-2-4-17(13)30-21-26-8-7-18(24)29-21;21-16-7-12(5-6-14(16)13-8-26-20(23)27-9-13)15-3-1-2-4-17(15)28-19-11-24-18(22)10-25-19/h1-9,11H,(H2,25,28)(H2,24,26,29);1-11H,(H2,22,24)(H2,23,26,27). The van der Waals surface area contributed by atoms with Crippen molar-refractivity contribution in [2.75, 3.05) is 22.9 Å². The Kier molecular flexibility index (Phi) is 11.3. The fourth-order valence-corrected chi connectivity index (χ4v) is 6.41. The number of nitrogens with zero attached hydrogens (tertiary/aromatic N) is 9. The molecule has 0 unspecified atom stereocenters. The molecule has 0 radical (unpaired) electrons. The van der Waals surface area contributed by atoms with Gasteiger partial charge in [0.2, 0.25) is 5.95 Å². The number of benzene rings is 4. The van der Waals surface area contributed by atoms with Crippen molar-refractivity contribution >= 4 is 35.2 Å². The Morgan fingerprint density at radius 3 is 1.93 bits per heavy atom. The van der Waals surface area contributed by atoms with E-state index >= 15 is 0 Å². The van der Waals surface area contributed by atoms with E-state index in [-0.39, 0.29) is 46.4 Å². The van der Waals surface area contributed by atoms with Crippen LogP contribution in [0.3, 0.4) is 0 Å². The van der Waals surface area contributed by atoms with Crippen LogP contribution in [0.4, 0.5) is 32.2 Å². The van der Waals surface area contributed by atoms with Crippen LogP contribution in [0, 0.1) is 23.0 Å². The number of rotatable bonds is 8. The van der Waals surface area contributed by atoms with E-state index in [2.05, 4.69) is 39.9 Å². The minimum Gasteiger partial charge on any atom is -0.424 e. The van der Waals surface area contributed by atoms with Gasteiger partial charge in [0.05, 0.1) is 18.6 Å². The first-order chi connectivity index (χ1) is 28.1. The van der Waals surface area contributed by atoms with E-state index < -0.39 is 5.82 Å². The normalized spacial score (nSPS) is 10.6. The Hall–Kier alpha value is -8.10. The molecule has 0 bridgehead atoms. The van der Waals surface area contributed by atoms with Crippen LogP contribution in [0.2, 0.25) is 0 Å². The third-order valence-corrected chi connectivity index (χ3v) is 9.18. The summed E-state index contributed by atoms with van der Waals surface area (Å²) in [7, 11) is 0. The van der Waals surface area contributed by atoms with Crippen molar-refractivity contribution in [3.8, 4) is 62.5 Å². The molecular formula is C41H29F2N13OS. The number of para-hydroxylation sites is 1. The number of hydrogen-bond acceptors (Lipinski definition) is 15. The van der Waals surface area contributed by atoms with Crippen molar-refractivity contribution in [3.05, 3.63) is 146 Å². The maximum Gasteiger partial charge on any atom is 0.323 e. The Morgan fingerprint density at radius 1 is 0.569 bits per heavy atom. The predicted octanol–water partition coefficient (Wildman–Crippen LogP) is 7.62. The number of ether oxygens (including phenoxy) is 1. The van der Waals surface area contributed by atoms with Crippen LogP contribution in [0.1, 0.15) is 5.69 Å². The lowest BCUT2D eigenvalue weighted by atomic mass is 10.0. The molecule has 0 saturated carbocycles. The minimum atomic E-state index is -0.571. The van der Waals surface area contributed by atoms with Crippen LogP contribution in [0.15, 0.2) is 138 Å². The van der Waals surface area contributed by atoms with Gasteiger partial charge in [-0.15, -0.1) is 0 Å². The molecule has 0 saturated heterocycles. The van der Waals surface area contributed by atoms with Gasteiger partial charge in [0.15, 0.2) is 5.69 Å². The van der Waals surface area contributed by atoms with Crippen LogP contribution in [0.5, 0.6) is 11.8 Å². The Balaban J connectivity index is 0.000000177.